The summed E-state index contributed by atoms with van der Waals surface area (Å²) in [6.07, 6.45) is 4.57. The third-order valence-corrected chi connectivity index (χ3v) is 7.68. The van der Waals surface area contributed by atoms with Crippen molar-refractivity contribution in [1.29, 1.82) is 0 Å². The molecule has 0 amide bonds. The molecule has 32 heavy (non-hydrogen) atoms. The van der Waals surface area contributed by atoms with Crippen molar-refractivity contribution in [2.45, 2.75) is 75.7 Å². The van der Waals surface area contributed by atoms with Crippen molar-refractivity contribution in [3.05, 3.63) is 28.8 Å². The molecule has 0 bridgehead atoms. The smallest absolute Gasteiger partial charge is 0.323 e. The summed E-state index contributed by atoms with van der Waals surface area (Å²) in [6.45, 7) is 5.85. The highest BCUT2D eigenvalue weighted by Crippen LogP contribution is 2.26. The molecule has 178 valence electrons. The number of ether oxygens (including phenoxy) is 1. The van der Waals surface area contributed by atoms with Crippen molar-refractivity contribution in [3.63, 3.8) is 0 Å². The van der Waals surface area contributed by atoms with E-state index in [1.165, 1.54) is 19.1 Å². The minimum atomic E-state index is -3.88. The number of esters is 1. The number of hydrogen-bond acceptors (Lipinski definition) is 6. The lowest BCUT2D eigenvalue weighted by Crippen LogP contribution is -2.43. The van der Waals surface area contributed by atoms with Crippen molar-refractivity contribution >= 4 is 41.2 Å². The minimum Gasteiger partial charge on any atom is -0.461 e. The molecule has 0 aliphatic heterocycles. The van der Waals surface area contributed by atoms with Crippen LogP contribution in [0.15, 0.2) is 23.1 Å². The van der Waals surface area contributed by atoms with Gasteiger partial charge in [0, 0.05) is 18.9 Å². The van der Waals surface area contributed by atoms with E-state index < -0.39 is 21.9 Å². The Labute approximate surface area is 197 Å². The molecule has 1 unspecified atom stereocenters. The van der Waals surface area contributed by atoms with Crippen molar-refractivity contribution < 1.29 is 22.7 Å². The van der Waals surface area contributed by atoms with Gasteiger partial charge in [-0.15, -0.1) is 0 Å². The first-order valence-corrected chi connectivity index (χ1v) is 13.1. The second-order valence-electron chi connectivity index (χ2n) is 8.90. The van der Waals surface area contributed by atoms with E-state index in [0.717, 1.165) is 25.7 Å². The van der Waals surface area contributed by atoms with Gasteiger partial charge in [-0.3, -0.25) is 4.79 Å². The van der Waals surface area contributed by atoms with Gasteiger partial charge in [0.2, 0.25) is 10.0 Å². The van der Waals surface area contributed by atoms with Crippen LogP contribution in [-0.2, 0) is 24.3 Å². The number of hydrogen-bond donors (Lipinski definition) is 2. The lowest BCUT2D eigenvalue weighted by atomic mass is 9.78. The summed E-state index contributed by atoms with van der Waals surface area (Å²) in [6, 6.07) is 4.09. The van der Waals surface area contributed by atoms with Gasteiger partial charge in [-0.25, -0.2) is 13.1 Å². The number of ketones is 1. The zero-order chi connectivity index (χ0) is 23.9. The van der Waals surface area contributed by atoms with E-state index in [1.807, 2.05) is 13.8 Å². The Morgan fingerprint density at radius 2 is 1.88 bits per heavy atom. The van der Waals surface area contributed by atoms with Crippen molar-refractivity contribution in [2.75, 3.05) is 13.1 Å². The van der Waals surface area contributed by atoms with E-state index in [-0.39, 0.29) is 46.8 Å². The SMILES string of the molecule is BC(C(C)=O)c1ccc(Cl)c(S(=O)(=O)NCCN[C@@H](CC(C)C)C(=O)OC2CCCC2)c1. The van der Waals surface area contributed by atoms with Gasteiger partial charge >= 0.3 is 5.97 Å². The molecule has 1 aromatic rings. The van der Waals surface area contributed by atoms with Crippen LogP contribution in [0, 0.1) is 5.92 Å². The topological polar surface area (TPSA) is 102 Å². The fraction of sp³-hybridized carbons (Fsp3) is 0.636. The maximum atomic E-state index is 12.8. The second kappa shape index (κ2) is 12.2. The molecule has 1 aliphatic carbocycles. The average molecular weight is 485 g/mol. The molecule has 1 aromatic carbocycles. The molecule has 2 atom stereocenters. The maximum Gasteiger partial charge on any atom is 0.323 e. The Kier molecular flexibility index (Phi) is 10.2. The van der Waals surface area contributed by atoms with Gasteiger partial charge < -0.3 is 14.8 Å². The monoisotopic (exact) mass is 484 g/mol. The third kappa shape index (κ3) is 7.87. The molecule has 0 saturated heterocycles. The molecule has 10 heteroatoms. The predicted molar refractivity (Wildman–Crippen MR) is 128 cm³/mol. The van der Waals surface area contributed by atoms with E-state index in [4.69, 9.17) is 16.3 Å². The van der Waals surface area contributed by atoms with E-state index in [2.05, 4.69) is 10.0 Å². The summed E-state index contributed by atoms with van der Waals surface area (Å²) in [4.78, 5) is 24.2. The van der Waals surface area contributed by atoms with Crippen LogP contribution in [-0.4, -0.2) is 53.3 Å². The fourth-order valence-corrected chi connectivity index (χ4v) is 5.29. The number of halogens is 1. The Morgan fingerprint density at radius 1 is 1.22 bits per heavy atom. The average Bonchev–Trinajstić information content (AvgIpc) is 3.22. The summed E-state index contributed by atoms with van der Waals surface area (Å²) in [5.74, 6) is -0.480. The molecule has 7 nitrogen and oxygen atoms in total. The van der Waals surface area contributed by atoms with E-state index in [0.29, 0.717) is 12.0 Å². The quantitative estimate of drug-likeness (QED) is 0.268. The zero-order valence-corrected chi connectivity index (χ0v) is 20.9. The van der Waals surface area contributed by atoms with Gasteiger partial charge in [-0.05, 0) is 62.6 Å². The standard InChI is InChI=1S/C22H34BClN2O5S/c1-14(2)12-19(22(28)31-17-6-4-5-7-17)25-10-11-26-32(29,30)20-13-16(8-9-18(20)24)21(23)15(3)27/h8-9,13-14,17,19,21,25-26H,4-7,10-12,23H2,1-3H3/t19-,21?/m0/s1. The summed E-state index contributed by atoms with van der Waals surface area (Å²) >= 11 is 6.13. The second-order valence-corrected chi connectivity index (χ2v) is 11.0. The molecular formula is C22H34BClN2O5S. The first-order chi connectivity index (χ1) is 15.0. The molecule has 0 radical (unpaired) electrons. The van der Waals surface area contributed by atoms with Gasteiger partial charge in [0.05, 0.1) is 5.02 Å². The highest BCUT2D eigenvalue weighted by molar-refractivity contribution is 7.89. The molecule has 1 saturated carbocycles. The molecule has 0 heterocycles. The predicted octanol–water partition coefficient (Wildman–Crippen LogP) is 2.37. The number of Topliss-reactive ketones (excluding diaryl/α,β-unsaturated/α-hetero) is 1. The van der Waals surface area contributed by atoms with Crippen LogP contribution in [0.1, 0.15) is 64.3 Å². The first-order valence-electron chi connectivity index (χ1n) is 11.2. The van der Waals surface area contributed by atoms with Crippen LogP contribution in [0.2, 0.25) is 5.02 Å². The highest BCUT2D eigenvalue weighted by Gasteiger charge is 2.26. The normalized spacial score (nSPS) is 16.8. The van der Waals surface area contributed by atoms with Crippen LogP contribution in [0.4, 0.5) is 0 Å². The maximum absolute atomic E-state index is 12.8. The number of nitrogens with one attached hydrogen (secondary N) is 2. The summed E-state index contributed by atoms with van der Waals surface area (Å²) in [7, 11) is -2.16. The highest BCUT2D eigenvalue weighted by atomic mass is 35.5. The number of benzene rings is 1. The third-order valence-electron chi connectivity index (χ3n) is 5.74. The summed E-state index contributed by atoms with van der Waals surface area (Å²) in [5.41, 5.74) is 0.590. The summed E-state index contributed by atoms with van der Waals surface area (Å²) < 4.78 is 33.7. The van der Waals surface area contributed by atoms with Crippen LogP contribution in [0.3, 0.4) is 0 Å². The molecule has 1 fully saturated rings. The van der Waals surface area contributed by atoms with E-state index in [9.17, 15) is 18.0 Å². The van der Waals surface area contributed by atoms with Crippen molar-refractivity contribution in [2.24, 2.45) is 5.92 Å². The van der Waals surface area contributed by atoms with Crippen LogP contribution >= 0.6 is 11.6 Å². The fourth-order valence-electron chi connectivity index (χ4n) is 3.73. The molecule has 2 rings (SSSR count). The first kappa shape index (κ1) is 26.8. The molecule has 2 N–H and O–H groups in total. The Balaban J connectivity index is 1.97. The number of sulfonamides is 1. The lowest BCUT2D eigenvalue weighted by Gasteiger charge is -2.22. The Bertz CT molecular complexity index is 904. The lowest BCUT2D eigenvalue weighted by molar-refractivity contribution is -0.151. The van der Waals surface area contributed by atoms with E-state index >= 15 is 0 Å². The van der Waals surface area contributed by atoms with Gasteiger partial charge in [-0.2, -0.15) is 0 Å². The van der Waals surface area contributed by atoms with Gasteiger partial charge in [0.1, 0.15) is 30.7 Å². The molecule has 0 spiro atoms. The number of carbonyl (C=O) groups is 2. The Hall–Kier alpha value is -1.42. The van der Waals surface area contributed by atoms with Crippen LogP contribution in [0.25, 0.3) is 0 Å². The van der Waals surface area contributed by atoms with Gasteiger partial charge in [0.25, 0.3) is 0 Å². The molecular weight excluding hydrogens is 451 g/mol. The number of rotatable bonds is 12. The minimum absolute atomic E-state index is 0.00993. The summed E-state index contributed by atoms with van der Waals surface area (Å²) in [5, 5.41) is 3.21. The van der Waals surface area contributed by atoms with Crippen molar-refractivity contribution in [1.82, 2.24) is 10.0 Å². The number of carbonyl (C=O) groups excluding carboxylic acids is 2. The van der Waals surface area contributed by atoms with Gasteiger partial charge in [-0.1, -0.05) is 31.5 Å². The van der Waals surface area contributed by atoms with Crippen molar-refractivity contribution in [3.8, 4) is 0 Å². The molecule has 0 aromatic heterocycles. The van der Waals surface area contributed by atoms with Crippen LogP contribution in [0.5, 0.6) is 0 Å². The molecule has 1 aliphatic rings. The van der Waals surface area contributed by atoms with E-state index in [1.54, 1.807) is 13.9 Å². The zero-order valence-electron chi connectivity index (χ0n) is 19.3. The van der Waals surface area contributed by atoms with Crippen LogP contribution < -0.4 is 10.0 Å². The Morgan fingerprint density at radius 3 is 2.47 bits per heavy atom. The van der Waals surface area contributed by atoms with Gasteiger partial charge in [0.15, 0.2) is 0 Å². The largest absolute Gasteiger partial charge is 0.461 e.